The van der Waals surface area contributed by atoms with Crippen LogP contribution in [0.1, 0.15) is 47.0 Å². The monoisotopic (exact) mass is 271 g/mol. The Morgan fingerprint density at radius 3 is 2.80 bits per heavy atom. The van der Waals surface area contributed by atoms with Crippen molar-refractivity contribution in [3.05, 3.63) is 47.7 Å². The maximum Gasteiger partial charge on any atom is 0.0236 e. The zero-order valence-corrected chi connectivity index (χ0v) is 13.4. The third kappa shape index (κ3) is 3.26. The molecule has 1 nitrogen and oxygen atoms in total. The molecule has 1 heterocycles. The van der Waals surface area contributed by atoms with Gasteiger partial charge in [0, 0.05) is 17.7 Å². The fraction of sp³-hybridized carbons (Fsp3) is 0.579. The summed E-state index contributed by atoms with van der Waals surface area (Å²) in [4.78, 5) is 0. The van der Waals surface area contributed by atoms with E-state index < -0.39 is 0 Å². The summed E-state index contributed by atoms with van der Waals surface area (Å²) < 4.78 is 0. The zero-order chi connectivity index (χ0) is 14.7. The zero-order valence-electron chi connectivity index (χ0n) is 13.4. The van der Waals surface area contributed by atoms with Crippen molar-refractivity contribution in [1.29, 1.82) is 0 Å². The van der Waals surface area contributed by atoms with Gasteiger partial charge in [-0.2, -0.15) is 0 Å². The summed E-state index contributed by atoms with van der Waals surface area (Å²) in [6.45, 7) is 13.3. The molecule has 1 aliphatic carbocycles. The van der Waals surface area contributed by atoms with Crippen molar-refractivity contribution >= 4 is 0 Å². The quantitative estimate of drug-likeness (QED) is 0.713. The fourth-order valence-corrected chi connectivity index (χ4v) is 3.69. The van der Waals surface area contributed by atoms with E-state index in [0.29, 0.717) is 17.9 Å². The molecule has 0 aromatic rings. The van der Waals surface area contributed by atoms with E-state index in [-0.39, 0.29) is 0 Å². The first-order valence-electron chi connectivity index (χ1n) is 7.98. The summed E-state index contributed by atoms with van der Waals surface area (Å²) >= 11 is 0. The third-order valence-electron chi connectivity index (χ3n) is 4.92. The van der Waals surface area contributed by atoms with E-state index in [2.05, 4.69) is 63.9 Å². The first kappa shape index (κ1) is 15.2. The molecule has 0 bridgehead atoms. The molecule has 0 aromatic carbocycles. The highest BCUT2D eigenvalue weighted by Crippen LogP contribution is 2.40. The topological polar surface area (TPSA) is 12.0 Å². The van der Waals surface area contributed by atoms with Gasteiger partial charge in [-0.1, -0.05) is 37.8 Å². The molecule has 3 unspecified atom stereocenters. The predicted octanol–water partition coefficient (Wildman–Crippen LogP) is 4.99. The predicted molar refractivity (Wildman–Crippen MR) is 88.4 cm³/mol. The van der Waals surface area contributed by atoms with Crippen LogP contribution < -0.4 is 5.32 Å². The lowest BCUT2D eigenvalue weighted by Gasteiger charge is -2.25. The molecule has 0 spiro atoms. The smallest absolute Gasteiger partial charge is 0.0236 e. The molecule has 1 saturated heterocycles. The number of allylic oxidation sites excluding steroid dienone is 7. The molecular formula is C19H29N. The second kappa shape index (κ2) is 6.47. The van der Waals surface area contributed by atoms with Crippen molar-refractivity contribution in [2.75, 3.05) is 0 Å². The average molecular weight is 271 g/mol. The van der Waals surface area contributed by atoms with E-state index in [1.165, 1.54) is 29.7 Å². The van der Waals surface area contributed by atoms with Gasteiger partial charge in [0.1, 0.15) is 0 Å². The van der Waals surface area contributed by atoms with Gasteiger partial charge in [0.25, 0.3) is 0 Å². The normalized spacial score (nSPS) is 34.4. The number of hydrogen-bond donors (Lipinski definition) is 1. The molecule has 1 heteroatoms. The van der Waals surface area contributed by atoms with Crippen molar-refractivity contribution in [3.8, 4) is 0 Å². The highest BCUT2D eigenvalue weighted by atomic mass is 15.0. The van der Waals surface area contributed by atoms with Crippen LogP contribution in [0, 0.1) is 17.8 Å². The Morgan fingerprint density at radius 1 is 1.35 bits per heavy atom. The first-order valence-corrected chi connectivity index (χ1v) is 7.98. The van der Waals surface area contributed by atoms with E-state index in [0.717, 1.165) is 12.3 Å². The van der Waals surface area contributed by atoms with Gasteiger partial charge in [0.2, 0.25) is 0 Å². The van der Waals surface area contributed by atoms with Crippen LogP contribution in [-0.4, -0.2) is 6.04 Å². The van der Waals surface area contributed by atoms with E-state index in [1.807, 2.05) is 0 Å². The van der Waals surface area contributed by atoms with Gasteiger partial charge in [0.05, 0.1) is 0 Å². The summed E-state index contributed by atoms with van der Waals surface area (Å²) in [7, 11) is 0. The van der Waals surface area contributed by atoms with Crippen LogP contribution in [-0.2, 0) is 0 Å². The molecule has 0 aromatic heterocycles. The summed E-state index contributed by atoms with van der Waals surface area (Å²) in [6, 6.07) is 0.648. The first-order chi connectivity index (χ1) is 9.52. The Kier molecular flexibility index (Phi) is 4.91. The summed E-state index contributed by atoms with van der Waals surface area (Å²) in [5, 5.41) is 3.64. The molecule has 1 aliphatic heterocycles. The van der Waals surface area contributed by atoms with Crippen molar-refractivity contribution in [3.63, 3.8) is 0 Å². The number of hydrogen-bond acceptors (Lipinski definition) is 1. The van der Waals surface area contributed by atoms with Gasteiger partial charge in [0.15, 0.2) is 0 Å². The minimum Gasteiger partial charge on any atom is -0.386 e. The SMILES string of the molecule is C=C(/C(C)=C\C=C/C)C1CC=C2NC(C)CC2C[C@H]1C. The van der Waals surface area contributed by atoms with Crippen LogP contribution in [0.5, 0.6) is 0 Å². The summed E-state index contributed by atoms with van der Waals surface area (Å²) in [5.74, 6) is 2.05. The van der Waals surface area contributed by atoms with E-state index >= 15 is 0 Å². The van der Waals surface area contributed by atoms with Crippen LogP contribution in [0.25, 0.3) is 0 Å². The fourth-order valence-electron chi connectivity index (χ4n) is 3.69. The van der Waals surface area contributed by atoms with E-state index in [4.69, 9.17) is 0 Å². The second-order valence-electron chi connectivity index (χ2n) is 6.59. The lowest BCUT2D eigenvalue weighted by molar-refractivity contribution is 0.354. The van der Waals surface area contributed by atoms with Gasteiger partial charge >= 0.3 is 0 Å². The van der Waals surface area contributed by atoms with Crippen LogP contribution in [0.3, 0.4) is 0 Å². The van der Waals surface area contributed by atoms with E-state index in [1.54, 1.807) is 0 Å². The maximum atomic E-state index is 4.38. The van der Waals surface area contributed by atoms with Gasteiger partial charge < -0.3 is 5.32 Å². The van der Waals surface area contributed by atoms with Crippen LogP contribution in [0.15, 0.2) is 47.7 Å². The van der Waals surface area contributed by atoms with Gasteiger partial charge in [-0.3, -0.25) is 0 Å². The molecule has 0 saturated carbocycles. The molecular weight excluding hydrogens is 242 g/mol. The Balaban J connectivity index is 2.12. The van der Waals surface area contributed by atoms with Gasteiger partial charge in [-0.15, -0.1) is 0 Å². The molecule has 2 rings (SSSR count). The molecule has 1 fully saturated rings. The molecule has 2 aliphatic rings. The van der Waals surface area contributed by atoms with Crippen molar-refractivity contribution < 1.29 is 0 Å². The largest absolute Gasteiger partial charge is 0.386 e. The number of nitrogens with one attached hydrogen (secondary N) is 1. The number of rotatable bonds is 3. The van der Waals surface area contributed by atoms with E-state index in [9.17, 15) is 0 Å². The van der Waals surface area contributed by atoms with Crippen LogP contribution in [0.2, 0.25) is 0 Å². The molecule has 4 atom stereocenters. The minimum absolute atomic E-state index is 0.590. The lowest BCUT2D eigenvalue weighted by atomic mass is 9.79. The third-order valence-corrected chi connectivity index (χ3v) is 4.92. The van der Waals surface area contributed by atoms with Crippen molar-refractivity contribution in [2.45, 2.75) is 53.0 Å². The highest BCUT2D eigenvalue weighted by Gasteiger charge is 2.33. The molecule has 110 valence electrons. The average Bonchev–Trinajstić information content (AvgIpc) is 2.68. The standard InChI is InChI=1S/C19H29N/c1-6-7-8-13(2)16(5)18-9-10-19-17(11-14(18)3)12-15(4)20-19/h6-8,10,14-15,17-18,20H,5,9,11-12H2,1-4H3/b7-6-,13-8-/t14-,15?,17?,18?/m1/s1. The Hall–Kier alpha value is -1.24. The van der Waals surface area contributed by atoms with Crippen LogP contribution in [0.4, 0.5) is 0 Å². The number of fused-ring (bicyclic) bond motifs is 1. The molecule has 0 amide bonds. The summed E-state index contributed by atoms with van der Waals surface area (Å²) in [5.41, 5.74) is 4.14. The second-order valence-corrected chi connectivity index (χ2v) is 6.59. The Bertz CT molecular complexity index is 452. The van der Waals surface area contributed by atoms with Gasteiger partial charge in [-0.25, -0.2) is 0 Å². The van der Waals surface area contributed by atoms with Crippen molar-refractivity contribution in [1.82, 2.24) is 5.32 Å². The maximum absolute atomic E-state index is 4.38. The minimum atomic E-state index is 0.590. The van der Waals surface area contributed by atoms with Crippen molar-refractivity contribution in [2.24, 2.45) is 17.8 Å². The van der Waals surface area contributed by atoms with Crippen LogP contribution >= 0.6 is 0 Å². The molecule has 20 heavy (non-hydrogen) atoms. The lowest BCUT2D eigenvalue weighted by Crippen LogP contribution is -2.16. The summed E-state index contributed by atoms with van der Waals surface area (Å²) in [6.07, 6.45) is 12.5. The Morgan fingerprint density at radius 2 is 2.10 bits per heavy atom. The molecule has 1 N–H and O–H groups in total. The van der Waals surface area contributed by atoms with Gasteiger partial charge in [-0.05, 0) is 63.0 Å². The molecule has 0 radical (unpaired) electrons. The highest BCUT2D eigenvalue weighted by molar-refractivity contribution is 5.33. The Labute approximate surface area is 124 Å².